The first-order chi connectivity index (χ1) is 11.4. The number of nitrogens with one attached hydrogen (secondary N) is 1. The predicted octanol–water partition coefficient (Wildman–Crippen LogP) is 4.49. The van der Waals surface area contributed by atoms with Crippen molar-refractivity contribution in [3.63, 3.8) is 0 Å². The van der Waals surface area contributed by atoms with E-state index in [1.807, 2.05) is 36.4 Å². The Labute approximate surface area is 144 Å². The van der Waals surface area contributed by atoms with Gasteiger partial charge in [0.25, 0.3) is 0 Å². The number of para-hydroxylation sites is 1. The van der Waals surface area contributed by atoms with E-state index in [0.717, 1.165) is 5.69 Å². The smallest absolute Gasteiger partial charge is 0.243 e. The molecule has 2 aromatic rings. The molecule has 0 saturated carbocycles. The number of rotatable bonds is 4. The highest BCUT2D eigenvalue weighted by molar-refractivity contribution is 5.97. The molecule has 0 spiro atoms. The van der Waals surface area contributed by atoms with Gasteiger partial charge in [0, 0.05) is 17.8 Å². The number of carbonyl (C=O) groups excluding carboxylic acids is 1. The van der Waals surface area contributed by atoms with Gasteiger partial charge in [-0.3, -0.25) is 9.69 Å². The van der Waals surface area contributed by atoms with Crippen molar-refractivity contribution < 1.29 is 4.79 Å². The molecule has 0 aliphatic carbocycles. The van der Waals surface area contributed by atoms with Crippen LogP contribution in [-0.4, -0.2) is 22.9 Å². The second kappa shape index (κ2) is 6.40. The fourth-order valence-electron chi connectivity index (χ4n) is 3.57. The van der Waals surface area contributed by atoms with Gasteiger partial charge in [0.2, 0.25) is 5.91 Å². The fourth-order valence-corrected chi connectivity index (χ4v) is 3.57. The van der Waals surface area contributed by atoms with Gasteiger partial charge < -0.3 is 5.32 Å². The zero-order valence-electron chi connectivity index (χ0n) is 14.9. The van der Waals surface area contributed by atoms with Gasteiger partial charge in [-0.1, -0.05) is 69.3 Å². The van der Waals surface area contributed by atoms with Crippen LogP contribution in [0.2, 0.25) is 0 Å². The first-order valence-electron chi connectivity index (χ1n) is 8.58. The van der Waals surface area contributed by atoms with Gasteiger partial charge in [-0.2, -0.15) is 0 Å². The van der Waals surface area contributed by atoms with Crippen molar-refractivity contribution in [2.75, 3.05) is 5.32 Å². The van der Waals surface area contributed by atoms with Crippen LogP contribution in [0.25, 0.3) is 0 Å². The van der Waals surface area contributed by atoms with Gasteiger partial charge in [0.05, 0.1) is 0 Å². The van der Waals surface area contributed by atoms with Crippen LogP contribution in [0.4, 0.5) is 5.69 Å². The SMILES string of the molecule is C[C@H](c1ccccc1)N1[C@H](C(=O)Nc2ccccc2)[C@H]1C(C)(C)C. The second-order valence-electron chi connectivity index (χ2n) is 7.64. The van der Waals surface area contributed by atoms with Crippen LogP contribution >= 0.6 is 0 Å². The molecule has 4 atom stereocenters. The zero-order valence-corrected chi connectivity index (χ0v) is 14.9. The third-order valence-electron chi connectivity index (χ3n) is 4.78. The molecule has 1 fully saturated rings. The molecule has 126 valence electrons. The maximum Gasteiger partial charge on any atom is 0.243 e. The van der Waals surface area contributed by atoms with Crippen LogP contribution in [0, 0.1) is 5.41 Å². The highest BCUT2D eigenvalue weighted by Gasteiger charge is 2.59. The molecule has 3 nitrogen and oxygen atoms in total. The van der Waals surface area contributed by atoms with E-state index in [9.17, 15) is 4.79 Å². The van der Waals surface area contributed by atoms with Gasteiger partial charge in [0.15, 0.2) is 0 Å². The lowest BCUT2D eigenvalue weighted by Gasteiger charge is -2.21. The summed E-state index contributed by atoms with van der Waals surface area (Å²) in [6.07, 6.45) is 0. The average Bonchev–Trinajstić information content (AvgIpc) is 3.32. The molecule has 0 bridgehead atoms. The lowest BCUT2D eigenvalue weighted by molar-refractivity contribution is -0.116. The number of nitrogens with zero attached hydrogens (tertiary/aromatic N) is 1. The summed E-state index contributed by atoms with van der Waals surface area (Å²) in [5, 5.41) is 3.06. The van der Waals surface area contributed by atoms with Gasteiger partial charge in [0.1, 0.15) is 6.04 Å². The first-order valence-corrected chi connectivity index (χ1v) is 8.58. The lowest BCUT2D eigenvalue weighted by Crippen LogP contribution is -2.25. The minimum absolute atomic E-state index is 0.0573. The molecule has 1 N–H and O–H groups in total. The van der Waals surface area contributed by atoms with Crippen LogP contribution in [0.5, 0.6) is 0 Å². The minimum Gasteiger partial charge on any atom is -0.325 e. The Morgan fingerprint density at radius 1 is 1.00 bits per heavy atom. The summed E-state index contributed by atoms with van der Waals surface area (Å²) in [4.78, 5) is 15.2. The van der Waals surface area contributed by atoms with E-state index in [1.165, 1.54) is 5.56 Å². The number of anilines is 1. The van der Waals surface area contributed by atoms with Crippen LogP contribution in [0.15, 0.2) is 60.7 Å². The van der Waals surface area contributed by atoms with Crippen molar-refractivity contribution in [2.45, 2.75) is 45.8 Å². The Bertz CT molecular complexity index is 691. The van der Waals surface area contributed by atoms with E-state index in [0.29, 0.717) is 0 Å². The Hall–Kier alpha value is -2.13. The van der Waals surface area contributed by atoms with Gasteiger partial charge in [-0.05, 0) is 30.0 Å². The first kappa shape index (κ1) is 16.7. The number of benzene rings is 2. The van der Waals surface area contributed by atoms with E-state index >= 15 is 0 Å². The molecule has 0 radical (unpaired) electrons. The molecule has 1 saturated heterocycles. The summed E-state index contributed by atoms with van der Waals surface area (Å²) in [5.41, 5.74) is 2.16. The molecule has 0 aromatic heterocycles. The van der Waals surface area contributed by atoms with Crippen LogP contribution in [-0.2, 0) is 4.79 Å². The normalized spacial score (nSPS) is 24.2. The fraction of sp³-hybridized carbons (Fsp3) is 0.381. The highest BCUT2D eigenvalue weighted by atomic mass is 16.2. The molecule has 1 aliphatic rings. The van der Waals surface area contributed by atoms with Crippen molar-refractivity contribution in [3.8, 4) is 0 Å². The highest BCUT2D eigenvalue weighted by Crippen LogP contribution is 2.47. The molecule has 1 heterocycles. The number of hydrogen-bond acceptors (Lipinski definition) is 2. The summed E-state index contributed by atoms with van der Waals surface area (Å²) >= 11 is 0. The topological polar surface area (TPSA) is 32.1 Å². The molecule has 24 heavy (non-hydrogen) atoms. The average molecular weight is 322 g/mol. The second-order valence-corrected chi connectivity index (χ2v) is 7.64. The van der Waals surface area contributed by atoms with Crippen molar-refractivity contribution >= 4 is 11.6 Å². The van der Waals surface area contributed by atoms with Crippen LogP contribution in [0.3, 0.4) is 0 Å². The van der Waals surface area contributed by atoms with E-state index in [4.69, 9.17) is 0 Å². The molecule has 1 unspecified atom stereocenters. The predicted molar refractivity (Wildman–Crippen MR) is 98.8 cm³/mol. The molecule has 2 aromatic carbocycles. The summed E-state index contributed by atoms with van der Waals surface area (Å²) < 4.78 is 0. The van der Waals surface area contributed by atoms with E-state index in [-0.39, 0.29) is 29.4 Å². The molecular formula is C21H26N2O. The Kier molecular flexibility index (Phi) is 4.46. The van der Waals surface area contributed by atoms with Crippen LogP contribution < -0.4 is 5.32 Å². The Balaban J connectivity index is 1.79. The summed E-state index contributed by atoms with van der Waals surface area (Å²) in [6, 6.07) is 20.5. The van der Waals surface area contributed by atoms with E-state index < -0.39 is 0 Å². The quantitative estimate of drug-likeness (QED) is 0.841. The van der Waals surface area contributed by atoms with Gasteiger partial charge in [-0.25, -0.2) is 0 Å². The van der Waals surface area contributed by atoms with Crippen LogP contribution in [0.1, 0.15) is 39.3 Å². The summed E-state index contributed by atoms with van der Waals surface area (Å²) in [5.74, 6) is 0.0870. The standard InChI is InChI=1S/C21H26N2O/c1-15(16-11-7-5-8-12-16)23-18(19(23)21(2,3)4)20(24)22-17-13-9-6-10-14-17/h5-15,18-19H,1-4H3,(H,22,24)/t15-,18+,19+,23?/m1/s1. The van der Waals surface area contributed by atoms with Crippen molar-refractivity contribution in [1.29, 1.82) is 0 Å². The zero-order chi connectivity index (χ0) is 17.3. The maximum absolute atomic E-state index is 12.8. The van der Waals surface area contributed by atoms with Crippen molar-refractivity contribution in [2.24, 2.45) is 5.41 Å². The third kappa shape index (κ3) is 3.36. The molecular weight excluding hydrogens is 296 g/mol. The summed E-state index contributed by atoms with van der Waals surface area (Å²) in [7, 11) is 0. The van der Waals surface area contributed by atoms with E-state index in [1.54, 1.807) is 0 Å². The molecule has 1 aliphatic heterocycles. The Morgan fingerprint density at radius 3 is 2.08 bits per heavy atom. The Morgan fingerprint density at radius 2 is 1.54 bits per heavy atom. The molecule has 3 heteroatoms. The molecule has 1 amide bonds. The lowest BCUT2D eigenvalue weighted by atomic mass is 9.89. The van der Waals surface area contributed by atoms with Crippen molar-refractivity contribution in [1.82, 2.24) is 4.90 Å². The summed E-state index contributed by atoms with van der Waals surface area (Å²) in [6.45, 7) is 8.80. The molecule has 3 rings (SSSR count). The number of amides is 1. The van der Waals surface area contributed by atoms with Crippen molar-refractivity contribution in [3.05, 3.63) is 66.2 Å². The minimum atomic E-state index is -0.0830. The number of hydrogen-bond donors (Lipinski definition) is 1. The number of carbonyl (C=O) groups is 1. The largest absolute Gasteiger partial charge is 0.325 e. The third-order valence-corrected chi connectivity index (χ3v) is 4.78. The monoisotopic (exact) mass is 322 g/mol. The van der Waals surface area contributed by atoms with Gasteiger partial charge >= 0.3 is 0 Å². The van der Waals surface area contributed by atoms with E-state index in [2.05, 4.69) is 62.2 Å². The van der Waals surface area contributed by atoms with Gasteiger partial charge in [-0.15, -0.1) is 0 Å². The maximum atomic E-state index is 12.8.